The normalized spacial score (nSPS) is 20.2. The van der Waals surface area contributed by atoms with Crippen molar-refractivity contribution in [3.8, 4) is 0 Å². The summed E-state index contributed by atoms with van der Waals surface area (Å²) in [5.74, 6) is 1.53. The molecule has 0 atom stereocenters. The molecule has 0 unspecified atom stereocenters. The zero-order valence-corrected chi connectivity index (χ0v) is 16.7. The van der Waals surface area contributed by atoms with Gasteiger partial charge in [-0.25, -0.2) is 9.38 Å². The third kappa shape index (κ3) is 3.25. The molecular weight excluding hydrogens is 359 g/mol. The van der Waals surface area contributed by atoms with E-state index in [0.717, 1.165) is 55.9 Å². The molecule has 4 nitrogen and oxygen atoms in total. The number of likely N-dealkylation sites (N-methyl/N-ethyl adjacent to an activating group) is 1. The van der Waals surface area contributed by atoms with Crippen molar-refractivity contribution in [3.05, 3.63) is 40.5 Å². The van der Waals surface area contributed by atoms with Crippen LogP contribution in [0.15, 0.2) is 29.3 Å². The van der Waals surface area contributed by atoms with Gasteiger partial charge < -0.3 is 14.7 Å². The minimum Gasteiger partial charge on any atom is -0.353 e. The SMILES string of the molecule is Cc1cc2c(s1)N(CC1CC1)c1ccc(F)cc1N=C2N1CCN(C)CC1. The largest absolute Gasteiger partial charge is 0.353 e. The number of nitrogens with zero attached hydrogens (tertiary/aromatic N) is 4. The molecule has 1 aliphatic carbocycles. The summed E-state index contributed by atoms with van der Waals surface area (Å²) in [5.41, 5.74) is 3.00. The van der Waals surface area contributed by atoms with Gasteiger partial charge in [-0.15, -0.1) is 11.3 Å². The molecule has 1 saturated heterocycles. The first-order valence-electron chi connectivity index (χ1n) is 9.78. The van der Waals surface area contributed by atoms with Crippen molar-refractivity contribution >= 4 is 33.5 Å². The van der Waals surface area contributed by atoms with Gasteiger partial charge in [-0.1, -0.05) is 0 Å². The number of amidine groups is 1. The molecule has 5 rings (SSSR count). The Morgan fingerprint density at radius 1 is 1.15 bits per heavy atom. The summed E-state index contributed by atoms with van der Waals surface area (Å²) in [7, 11) is 2.16. The molecule has 0 bridgehead atoms. The first-order chi connectivity index (χ1) is 13.1. The fourth-order valence-electron chi connectivity index (χ4n) is 3.96. The van der Waals surface area contributed by atoms with Crippen LogP contribution in [-0.2, 0) is 0 Å². The minimum absolute atomic E-state index is 0.219. The summed E-state index contributed by atoms with van der Waals surface area (Å²) in [5, 5.41) is 1.27. The first kappa shape index (κ1) is 17.2. The number of aryl methyl sites for hydroxylation is 1. The Labute approximate surface area is 163 Å². The molecule has 2 fully saturated rings. The quantitative estimate of drug-likeness (QED) is 0.767. The molecule has 0 spiro atoms. The maximum Gasteiger partial charge on any atom is 0.139 e. The van der Waals surface area contributed by atoms with Crippen LogP contribution in [0.1, 0.15) is 23.3 Å². The number of anilines is 2. The van der Waals surface area contributed by atoms with Crippen LogP contribution in [0.5, 0.6) is 0 Å². The van der Waals surface area contributed by atoms with Gasteiger partial charge in [0.25, 0.3) is 0 Å². The van der Waals surface area contributed by atoms with Gasteiger partial charge in [-0.2, -0.15) is 0 Å². The van der Waals surface area contributed by atoms with Crippen LogP contribution in [0.2, 0.25) is 0 Å². The van der Waals surface area contributed by atoms with E-state index in [9.17, 15) is 4.39 Å². The topological polar surface area (TPSA) is 22.1 Å². The standard InChI is InChI=1S/C21H25FN4S/c1-14-11-17-20(25-9-7-24(2)8-10-25)23-18-12-16(22)5-6-19(18)26(21(17)27-14)13-15-3-4-15/h5-6,11-12,15H,3-4,7-10,13H2,1-2H3. The molecule has 6 heteroatoms. The molecule has 3 aliphatic rings. The average molecular weight is 385 g/mol. The molecule has 3 heterocycles. The van der Waals surface area contributed by atoms with Gasteiger partial charge in [0, 0.05) is 43.7 Å². The summed E-state index contributed by atoms with van der Waals surface area (Å²) in [6, 6.07) is 7.32. The Bertz CT molecular complexity index is 894. The van der Waals surface area contributed by atoms with Crippen molar-refractivity contribution in [2.24, 2.45) is 10.9 Å². The van der Waals surface area contributed by atoms with Gasteiger partial charge in [0.2, 0.25) is 0 Å². The summed E-state index contributed by atoms with van der Waals surface area (Å²) in [6.07, 6.45) is 2.58. The zero-order chi connectivity index (χ0) is 18.5. The third-order valence-corrected chi connectivity index (χ3v) is 6.79. The van der Waals surface area contributed by atoms with E-state index in [2.05, 4.69) is 34.7 Å². The van der Waals surface area contributed by atoms with Gasteiger partial charge in [-0.3, -0.25) is 0 Å². The van der Waals surface area contributed by atoms with Crippen LogP contribution in [-0.4, -0.2) is 55.4 Å². The Morgan fingerprint density at radius 2 is 1.93 bits per heavy atom. The average Bonchev–Trinajstić information content (AvgIpc) is 3.40. The molecular formula is C21H25FN4S. The molecule has 1 aromatic carbocycles. The van der Waals surface area contributed by atoms with Crippen LogP contribution >= 0.6 is 11.3 Å². The molecule has 2 aliphatic heterocycles. The summed E-state index contributed by atoms with van der Waals surface area (Å²) >= 11 is 1.83. The molecule has 2 aromatic rings. The number of piperazine rings is 1. The van der Waals surface area contributed by atoms with Crippen LogP contribution in [0.3, 0.4) is 0 Å². The van der Waals surface area contributed by atoms with Crippen molar-refractivity contribution in [1.82, 2.24) is 9.80 Å². The van der Waals surface area contributed by atoms with Crippen LogP contribution in [0, 0.1) is 18.7 Å². The second-order valence-electron chi connectivity index (χ2n) is 7.99. The summed E-state index contributed by atoms with van der Waals surface area (Å²) < 4.78 is 14.1. The zero-order valence-electron chi connectivity index (χ0n) is 15.9. The summed E-state index contributed by atoms with van der Waals surface area (Å²) in [6.45, 7) is 7.13. The Hall–Kier alpha value is -1.92. The van der Waals surface area contributed by atoms with E-state index in [1.54, 1.807) is 12.1 Å². The lowest BCUT2D eigenvalue weighted by atomic mass is 10.2. The Kier molecular flexibility index (Phi) is 4.20. The van der Waals surface area contributed by atoms with Crippen LogP contribution < -0.4 is 4.90 Å². The van der Waals surface area contributed by atoms with Crippen LogP contribution in [0.4, 0.5) is 20.8 Å². The highest BCUT2D eigenvalue weighted by molar-refractivity contribution is 7.16. The maximum absolute atomic E-state index is 14.1. The van der Waals surface area contributed by atoms with Gasteiger partial charge in [0.1, 0.15) is 16.7 Å². The molecule has 0 N–H and O–H groups in total. The first-order valence-corrected chi connectivity index (χ1v) is 10.6. The van der Waals surface area contributed by atoms with Crippen LogP contribution in [0.25, 0.3) is 0 Å². The van der Waals surface area contributed by atoms with Gasteiger partial charge in [0.05, 0.1) is 16.9 Å². The van der Waals surface area contributed by atoms with Gasteiger partial charge in [0.15, 0.2) is 0 Å². The molecule has 142 valence electrons. The smallest absolute Gasteiger partial charge is 0.139 e. The number of thiophene rings is 1. The number of hydrogen-bond acceptors (Lipinski definition) is 5. The molecule has 0 amide bonds. The highest BCUT2D eigenvalue weighted by Gasteiger charge is 2.33. The van der Waals surface area contributed by atoms with Crippen molar-refractivity contribution in [2.45, 2.75) is 19.8 Å². The van der Waals surface area contributed by atoms with E-state index in [1.807, 2.05) is 17.4 Å². The second-order valence-corrected chi connectivity index (χ2v) is 9.22. The maximum atomic E-state index is 14.1. The monoisotopic (exact) mass is 384 g/mol. The number of hydrogen-bond donors (Lipinski definition) is 0. The van der Waals surface area contributed by atoms with E-state index in [4.69, 9.17) is 4.99 Å². The van der Waals surface area contributed by atoms with Crippen molar-refractivity contribution in [1.29, 1.82) is 0 Å². The number of fused-ring (bicyclic) bond motifs is 2. The highest BCUT2D eigenvalue weighted by Crippen LogP contribution is 2.46. The number of benzene rings is 1. The number of aliphatic imine (C=N–C) groups is 1. The van der Waals surface area contributed by atoms with E-state index < -0.39 is 0 Å². The molecule has 1 aromatic heterocycles. The lowest BCUT2D eigenvalue weighted by Gasteiger charge is -2.34. The molecule has 1 saturated carbocycles. The minimum atomic E-state index is -0.219. The van der Waals surface area contributed by atoms with E-state index in [-0.39, 0.29) is 5.82 Å². The van der Waals surface area contributed by atoms with Crippen molar-refractivity contribution < 1.29 is 4.39 Å². The van der Waals surface area contributed by atoms with Gasteiger partial charge >= 0.3 is 0 Å². The highest BCUT2D eigenvalue weighted by atomic mass is 32.1. The number of halogens is 1. The fourth-order valence-corrected chi connectivity index (χ4v) is 4.98. The fraction of sp³-hybridized carbons (Fsp3) is 0.476. The van der Waals surface area contributed by atoms with Crippen molar-refractivity contribution in [2.75, 3.05) is 44.7 Å². The molecule has 27 heavy (non-hydrogen) atoms. The third-order valence-electron chi connectivity index (χ3n) is 5.72. The lowest BCUT2D eigenvalue weighted by Crippen LogP contribution is -2.47. The predicted octanol–water partition coefficient (Wildman–Crippen LogP) is 4.38. The Balaban J connectivity index is 1.65. The lowest BCUT2D eigenvalue weighted by molar-refractivity contribution is 0.216. The number of rotatable bonds is 2. The van der Waals surface area contributed by atoms with Crippen molar-refractivity contribution in [3.63, 3.8) is 0 Å². The van der Waals surface area contributed by atoms with E-state index >= 15 is 0 Å². The van der Waals surface area contributed by atoms with E-state index in [0.29, 0.717) is 0 Å². The summed E-state index contributed by atoms with van der Waals surface area (Å²) in [4.78, 5) is 13.4. The second kappa shape index (κ2) is 6.60. The Morgan fingerprint density at radius 3 is 2.67 bits per heavy atom. The van der Waals surface area contributed by atoms with Gasteiger partial charge in [-0.05, 0) is 50.9 Å². The molecule has 0 radical (unpaired) electrons. The van der Waals surface area contributed by atoms with E-state index in [1.165, 1.54) is 28.3 Å². The predicted molar refractivity (Wildman–Crippen MR) is 110 cm³/mol.